The molecule has 7 heteroatoms. The number of nitrogens with one attached hydrogen (secondary N) is 1. The van der Waals surface area contributed by atoms with Gasteiger partial charge in [0.15, 0.2) is 0 Å². The molecule has 1 amide bonds. The summed E-state index contributed by atoms with van der Waals surface area (Å²) in [5.74, 6) is 0.886. The molecule has 0 aliphatic heterocycles. The third-order valence-corrected chi connectivity index (χ3v) is 2.93. The first kappa shape index (κ1) is 14.1. The molecule has 2 aromatic rings. The van der Waals surface area contributed by atoms with Crippen molar-refractivity contribution < 1.29 is 9.32 Å². The fourth-order valence-corrected chi connectivity index (χ4v) is 1.66. The number of amides is 1. The Bertz CT molecular complexity index is 569. The average molecular weight is 275 g/mol. The lowest BCUT2D eigenvalue weighted by Gasteiger charge is -2.22. The summed E-state index contributed by atoms with van der Waals surface area (Å²) in [6.45, 7) is 4.17. The number of likely N-dealkylation sites (N-methyl/N-ethyl adjacent to an activating group) is 1. The van der Waals surface area contributed by atoms with Crippen LogP contribution in [0.3, 0.4) is 0 Å². The average Bonchev–Trinajstić information content (AvgIpc) is 2.84. The largest absolute Gasteiger partial charge is 0.361 e. The van der Waals surface area contributed by atoms with Crippen molar-refractivity contribution in [2.75, 3.05) is 12.4 Å². The Kier molecular flexibility index (Phi) is 4.41. The molecule has 1 N–H and O–H groups in total. The van der Waals surface area contributed by atoms with E-state index in [1.165, 1.54) is 0 Å². The maximum Gasteiger partial charge on any atom is 0.243 e. The van der Waals surface area contributed by atoms with E-state index >= 15 is 0 Å². The summed E-state index contributed by atoms with van der Waals surface area (Å²) >= 11 is 0. The van der Waals surface area contributed by atoms with Gasteiger partial charge in [0.25, 0.3) is 0 Å². The van der Waals surface area contributed by atoms with Crippen LogP contribution in [-0.4, -0.2) is 39.0 Å². The highest BCUT2D eigenvalue weighted by Gasteiger charge is 2.19. The van der Waals surface area contributed by atoms with Gasteiger partial charge in [0.1, 0.15) is 5.76 Å². The number of carbonyl (C=O) groups is 1. The third-order valence-electron chi connectivity index (χ3n) is 2.93. The second kappa shape index (κ2) is 6.25. The highest BCUT2D eigenvalue weighted by molar-refractivity contribution is 5.92. The van der Waals surface area contributed by atoms with E-state index in [9.17, 15) is 4.79 Å². The van der Waals surface area contributed by atoms with Crippen molar-refractivity contribution in [3.05, 3.63) is 36.0 Å². The van der Waals surface area contributed by atoms with Crippen LogP contribution in [0.4, 0.5) is 5.95 Å². The number of carbonyl (C=O) groups excluding carboxylic acids is 1. The van der Waals surface area contributed by atoms with E-state index in [4.69, 9.17) is 4.52 Å². The van der Waals surface area contributed by atoms with Crippen molar-refractivity contribution in [1.29, 1.82) is 0 Å². The molecular weight excluding hydrogens is 258 g/mol. The van der Waals surface area contributed by atoms with Crippen LogP contribution in [0.15, 0.2) is 29.0 Å². The van der Waals surface area contributed by atoms with Gasteiger partial charge in [0.05, 0.1) is 11.7 Å². The summed E-state index contributed by atoms with van der Waals surface area (Å²) in [6.07, 6.45) is 3.16. The smallest absolute Gasteiger partial charge is 0.243 e. The fourth-order valence-electron chi connectivity index (χ4n) is 1.66. The molecule has 0 saturated heterocycles. The number of aromatic nitrogens is 3. The Hall–Kier alpha value is -2.28. The van der Waals surface area contributed by atoms with Crippen molar-refractivity contribution in [1.82, 2.24) is 20.0 Å². The van der Waals surface area contributed by atoms with Crippen molar-refractivity contribution in [3.63, 3.8) is 0 Å². The zero-order valence-corrected chi connectivity index (χ0v) is 11.7. The fraction of sp³-hybridized carbons (Fsp3) is 0.385. The number of hydrogen-bond acceptors (Lipinski definition) is 6. The molecule has 106 valence electrons. The molecule has 0 aliphatic carbocycles. The van der Waals surface area contributed by atoms with E-state index in [0.29, 0.717) is 12.5 Å². The molecule has 0 bridgehead atoms. The van der Waals surface area contributed by atoms with Gasteiger partial charge in [-0.2, -0.15) is 0 Å². The normalized spacial score (nSPS) is 12.4. The van der Waals surface area contributed by atoms with E-state index in [2.05, 4.69) is 20.4 Å². The van der Waals surface area contributed by atoms with Crippen molar-refractivity contribution >= 4 is 11.9 Å². The topological polar surface area (TPSA) is 84.2 Å². The summed E-state index contributed by atoms with van der Waals surface area (Å²) < 4.78 is 5.00. The predicted molar refractivity (Wildman–Crippen MR) is 72.8 cm³/mol. The summed E-state index contributed by atoms with van der Waals surface area (Å²) in [5, 5.41) is 6.58. The second-order valence-electron chi connectivity index (χ2n) is 4.58. The lowest BCUT2D eigenvalue weighted by molar-refractivity contribution is -0.120. The zero-order valence-electron chi connectivity index (χ0n) is 11.7. The van der Waals surface area contributed by atoms with Crippen LogP contribution in [0.25, 0.3) is 0 Å². The van der Waals surface area contributed by atoms with Crippen molar-refractivity contribution in [2.45, 2.75) is 26.4 Å². The molecule has 1 atom stereocenters. The van der Waals surface area contributed by atoms with Crippen LogP contribution in [0.2, 0.25) is 0 Å². The number of anilines is 1. The summed E-state index contributed by atoms with van der Waals surface area (Å²) in [6, 6.07) is 3.20. The molecule has 0 aromatic carbocycles. The monoisotopic (exact) mass is 275 g/mol. The molecule has 0 unspecified atom stereocenters. The lowest BCUT2D eigenvalue weighted by atomic mass is 10.2. The van der Waals surface area contributed by atoms with Crippen LogP contribution >= 0.6 is 0 Å². The Morgan fingerprint density at radius 2 is 2.15 bits per heavy atom. The van der Waals surface area contributed by atoms with Gasteiger partial charge in [0.2, 0.25) is 11.9 Å². The van der Waals surface area contributed by atoms with Crippen molar-refractivity contribution in [3.8, 4) is 0 Å². The van der Waals surface area contributed by atoms with Crippen molar-refractivity contribution in [2.24, 2.45) is 0 Å². The Morgan fingerprint density at radius 3 is 2.75 bits per heavy atom. The zero-order chi connectivity index (χ0) is 14.5. The van der Waals surface area contributed by atoms with Gasteiger partial charge in [-0.05, 0) is 27.0 Å². The first-order valence-corrected chi connectivity index (χ1v) is 6.26. The maximum absolute atomic E-state index is 12.1. The van der Waals surface area contributed by atoms with E-state index in [1.807, 2.05) is 31.9 Å². The Balaban J connectivity index is 1.92. The van der Waals surface area contributed by atoms with Gasteiger partial charge in [-0.25, -0.2) is 9.97 Å². The summed E-state index contributed by atoms with van der Waals surface area (Å²) in [5.41, 5.74) is 0.792. The molecule has 2 aromatic heterocycles. The molecule has 0 spiro atoms. The SMILES string of the molecule is Cc1cc(CN(C)[C@@H](C)C(=O)Nc2ncccn2)no1. The molecule has 0 radical (unpaired) electrons. The standard InChI is InChI=1S/C13H17N5O2/c1-9-7-11(17-20-9)8-18(3)10(2)12(19)16-13-14-5-4-6-15-13/h4-7,10H,8H2,1-3H3,(H,14,15,16,19)/t10-/m0/s1. The van der Waals surface area contributed by atoms with Gasteiger partial charge in [-0.3, -0.25) is 15.0 Å². The van der Waals surface area contributed by atoms with Crippen LogP contribution < -0.4 is 5.32 Å². The van der Waals surface area contributed by atoms with Crippen LogP contribution in [0.5, 0.6) is 0 Å². The minimum absolute atomic E-state index is 0.168. The molecule has 20 heavy (non-hydrogen) atoms. The van der Waals surface area contributed by atoms with Gasteiger partial charge in [0, 0.05) is 25.0 Å². The molecular formula is C13H17N5O2. The second-order valence-corrected chi connectivity index (χ2v) is 4.58. The molecule has 2 rings (SSSR count). The number of nitrogens with zero attached hydrogens (tertiary/aromatic N) is 4. The van der Waals surface area contributed by atoms with Gasteiger partial charge in [-0.1, -0.05) is 5.16 Å². The highest BCUT2D eigenvalue weighted by Crippen LogP contribution is 2.08. The quantitative estimate of drug-likeness (QED) is 0.883. The molecule has 2 heterocycles. The Labute approximate surface area is 117 Å². The van der Waals surface area contributed by atoms with Gasteiger partial charge < -0.3 is 4.52 Å². The van der Waals surface area contributed by atoms with Gasteiger partial charge in [-0.15, -0.1) is 0 Å². The summed E-state index contributed by atoms with van der Waals surface area (Å²) in [4.78, 5) is 21.9. The first-order valence-electron chi connectivity index (χ1n) is 6.26. The highest BCUT2D eigenvalue weighted by atomic mass is 16.5. The van der Waals surface area contributed by atoms with E-state index in [1.54, 1.807) is 18.5 Å². The van der Waals surface area contributed by atoms with Crippen LogP contribution in [-0.2, 0) is 11.3 Å². The number of rotatable bonds is 5. The molecule has 0 fully saturated rings. The van der Waals surface area contributed by atoms with Gasteiger partial charge >= 0.3 is 0 Å². The van der Waals surface area contributed by atoms with E-state index < -0.39 is 0 Å². The lowest BCUT2D eigenvalue weighted by Crippen LogP contribution is -2.39. The molecule has 0 saturated carbocycles. The number of hydrogen-bond donors (Lipinski definition) is 1. The minimum Gasteiger partial charge on any atom is -0.361 e. The van der Waals surface area contributed by atoms with E-state index in [-0.39, 0.29) is 11.9 Å². The Morgan fingerprint density at radius 1 is 1.45 bits per heavy atom. The first-order chi connectivity index (χ1) is 9.56. The predicted octanol–water partition coefficient (Wildman–Crippen LogP) is 1.23. The number of aryl methyl sites for hydroxylation is 1. The summed E-state index contributed by atoms with van der Waals surface area (Å²) in [7, 11) is 1.85. The molecule has 7 nitrogen and oxygen atoms in total. The minimum atomic E-state index is -0.337. The van der Waals surface area contributed by atoms with Crippen LogP contribution in [0.1, 0.15) is 18.4 Å². The van der Waals surface area contributed by atoms with E-state index in [0.717, 1.165) is 11.5 Å². The third kappa shape index (κ3) is 3.61. The maximum atomic E-state index is 12.1. The van der Waals surface area contributed by atoms with Crippen LogP contribution in [0, 0.1) is 6.92 Å². The molecule has 0 aliphatic rings.